The third-order valence-electron chi connectivity index (χ3n) is 3.32. The van der Waals surface area contributed by atoms with Crippen LogP contribution in [0.5, 0.6) is 11.5 Å². The number of hydrogen-bond acceptors (Lipinski definition) is 4. The van der Waals surface area contributed by atoms with E-state index < -0.39 is 6.10 Å². The van der Waals surface area contributed by atoms with Crippen LogP contribution in [0.2, 0.25) is 0 Å². The lowest BCUT2D eigenvalue weighted by Gasteiger charge is -2.14. The second-order valence-corrected chi connectivity index (χ2v) is 4.98. The molecule has 0 bridgehead atoms. The van der Waals surface area contributed by atoms with E-state index >= 15 is 0 Å². The van der Waals surface area contributed by atoms with Gasteiger partial charge in [0.15, 0.2) is 0 Å². The molecule has 0 amide bonds. The molecule has 5 nitrogen and oxygen atoms in total. The maximum absolute atomic E-state index is 10.3. The maximum atomic E-state index is 10.3. The largest absolute Gasteiger partial charge is 0.497 e. The van der Waals surface area contributed by atoms with E-state index in [4.69, 9.17) is 9.47 Å². The lowest BCUT2D eigenvalue weighted by Crippen LogP contribution is -2.21. The van der Waals surface area contributed by atoms with Gasteiger partial charge in [0.05, 0.1) is 20.3 Å². The highest BCUT2D eigenvalue weighted by Crippen LogP contribution is 2.26. The van der Waals surface area contributed by atoms with Crippen molar-refractivity contribution in [3.8, 4) is 11.5 Å². The molecule has 0 saturated heterocycles. The Morgan fingerprint density at radius 1 is 1.19 bits per heavy atom. The van der Waals surface area contributed by atoms with Crippen LogP contribution in [0.15, 0.2) is 36.7 Å². The summed E-state index contributed by atoms with van der Waals surface area (Å²) in [7, 11) is 5.18. The number of aromatic nitrogens is 1. The molecule has 0 saturated carbocycles. The second kappa shape index (κ2) is 7.15. The van der Waals surface area contributed by atoms with Crippen molar-refractivity contribution in [2.24, 2.45) is 7.05 Å². The number of aliphatic hydroxyl groups is 1. The Labute approximate surface area is 125 Å². The van der Waals surface area contributed by atoms with E-state index in [0.717, 1.165) is 12.1 Å². The minimum Gasteiger partial charge on any atom is -0.497 e. The van der Waals surface area contributed by atoms with E-state index in [9.17, 15) is 5.11 Å². The third-order valence-corrected chi connectivity index (χ3v) is 3.32. The highest BCUT2D eigenvalue weighted by Gasteiger charge is 2.11. The smallest absolute Gasteiger partial charge is 0.122 e. The molecule has 2 rings (SSSR count). The van der Waals surface area contributed by atoms with Crippen LogP contribution in [-0.4, -0.2) is 30.4 Å². The Bertz CT molecular complexity index is 558. The van der Waals surface area contributed by atoms with Crippen molar-refractivity contribution in [3.63, 3.8) is 0 Å². The highest BCUT2D eigenvalue weighted by molar-refractivity contribution is 5.39. The molecule has 114 valence electrons. The number of benzene rings is 1. The molecule has 0 spiro atoms. The maximum Gasteiger partial charge on any atom is 0.122 e. The number of aliphatic hydroxyl groups excluding tert-OH is 1. The number of nitrogens with one attached hydrogen (secondary N) is 1. The van der Waals surface area contributed by atoms with Crippen LogP contribution in [0.3, 0.4) is 0 Å². The Morgan fingerprint density at radius 3 is 2.38 bits per heavy atom. The molecule has 0 aliphatic carbocycles. The van der Waals surface area contributed by atoms with Crippen molar-refractivity contribution in [2.45, 2.75) is 12.6 Å². The Hall–Kier alpha value is -1.98. The molecule has 2 aromatic rings. The van der Waals surface area contributed by atoms with Gasteiger partial charge in [-0.1, -0.05) is 0 Å². The van der Waals surface area contributed by atoms with Crippen LogP contribution >= 0.6 is 0 Å². The molecule has 0 aliphatic rings. The van der Waals surface area contributed by atoms with Crippen molar-refractivity contribution in [1.29, 1.82) is 0 Å². The van der Waals surface area contributed by atoms with E-state index in [1.165, 1.54) is 5.56 Å². The first kappa shape index (κ1) is 15.4. The van der Waals surface area contributed by atoms with Crippen molar-refractivity contribution in [3.05, 3.63) is 47.8 Å². The fourth-order valence-corrected chi connectivity index (χ4v) is 2.16. The number of rotatable bonds is 7. The number of ether oxygens (including phenoxy) is 2. The molecule has 1 atom stereocenters. The van der Waals surface area contributed by atoms with Crippen LogP contribution in [-0.2, 0) is 13.6 Å². The molecule has 21 heavy (non-hydrogen) atoms. The topological polar surface area (TPSA) is 55.6 Å². The third kappa shape index (κ3) is 4.24. The van der Waals surface area contributed by atoms with E-state index in [2.05, 4.69) is 5.32 Å². The predicted octanol–water partition coefficient (Wildman–Crippen LogP) is 1.87. The number of hydrogen-bond donors (Lipinski definition) is 2. The second-order valence-electron chi connectivity index (χ2n) is 4.98. The van der Waals surface area contributed by atoms with Gasteiger partial charge in [0.25, 0.3) is 0 Å². The predicted molar refractivity (Wildman–Crippen MR) is 81.6 cm³/mol. The van der Waals surface area contributed by atoms with Gasteiger partial charge >= 0.3 is 0 Å². The summed E-state index contributed by atoms with van der Waals surface area (Å²) >= 11 is 0. The molecule has 1 aromatic carbocycles. The van der Waals surface area contributed by atoms with Gasteiger partial charge in [0.2, 0.25) is 0 Å². The Kier molecular flexibility index (Phi) is 5.25. The van der Waals surface area contributed by atoms with E-state index in [1.807, 2.05) is 42.2 Å². The summed E-state index contributed by atoms with van der Waals surface area (Å²) in [6.07, 6.45) is 3.44. The average Bonchev–Trinajstić information content (AvgIpc) is 2.92. The number of aryl methyl sites for hydroxylation is 1. The summed E-state index contributed by atoms with van der Waals surface area (Å²) in [6.45, 7) is 1.18. The van der Waals surface area contributed by atoms with Crippen LogP contribution in [0.1, 0.15) is 17.2 Å². The lowest BCUT2D eigenvalue weighted by atomic mass is 10.1. The molecule has 0 radical (unpaired) electrons. The minimum absolute atomic E-state index is 0.464. The van der Waals surface area contributed by atoms with Crippen molar-refractivity contribution >= 4 is 0 Å². The van der Waals surface area contributed by atoms with Gasteiger partial charge in [-0.2, -0.15) is 0 Å². The van der Waals surface area contributed by atoms with Gasteiger partial charge in [-0.15, -0.1) is 0 Å². The molecular weight excluding hydrogens is 268 g/mol. The zero-order chi connectivity index (χ0) is 15.2. The average molecular weight is 290 g/mol. The molecular formula is C16H22N2O3. The number of nitrogens with zero attached hydrogens (tertiary/aromatic N) is 1. The first-order chi connectivity index (χ1) is 10.1. The van der Waals surface area contributed by atoms with Crippen LogP contribution in [0.25, 0.3) is 0 Å². The summed E-state index contributed by atoms with van der Waals surface area (Å²) in [4.78, 5) is 0. The van der Waals surface area contributed by atoms with Gasteiger partial charge in [-0.3, -0.25) is 0 Å². The Balaban J connectivity index is 1.94. The molecule has 1 aromatic heterocycles. The summed E-state index contributed by atoms with van der Waals surface area (Å²) in [5.41, 5.74) is 1.96. The first-order valence-corrected chi connectivity index (χ1v) is 6.85. The monoisotopic (exact) mass is 290 g/mol. The summed E-state index contributed by atoms with van der Waals surface area (Å²) in [5.74, 6) is 1.35. The molecule has 2 N–H and O–H groups in total. The van der Waals surface area contributed by atoms with Crippen LogP contribution in [0.4, 0.5) is 0 Å². The van der Waals surface area contributed by atoms with Gasteiger partial charge < -0.3 is 24.5 Å². The summed E-state index contributed by atoms with van der Waals surface area (Å²) < 4.78 is 12.4. The van der Waals surface area contributed by atoms with E-state index in [0.29, 0.717) is 18.0 Å². The molecule has 0 fully saturated rings. The first-order valence-electron chi connectivity index (χ1n) is 6.85. The highest BCUT2D eigenvalue weighted by atomic mass is 16.5. The molecule has 5 heteroatoms. The molecule has 1 heterocycles. The van der Waals surface area contributed by atoms with Gasteiger partial charge in [-0.25, -0.2) is 0 Å². The normalized spacial score (nSPS) is 12.2. The van der Waals surface area contributed by atoms with Crippen molar-refractivity contribution in [1.82, 2.24) is 9.88 Å². The van der Waals surface area contributed by atoms with E-state index in [1.54, 1.807) is 20.3 Å². The zero-order valence-corrected chi connectivity index (χ0v) is 12.7. The molecule has 0 aliphatic heterocycles. The van der Waals surface area contributed by atoms with Crippen molar-refractivity contribution in [2.75, 3.05) is 20.8 Å². The molecule has 1 unspecified atom stereocenters. The lowest BCUT2D eigenvalue weighted by molar-refractivity contribution is 0.173. The van der Waals surface area contributed by atoms with Crippen LogP contribution < -0.4 is 14.8 Å². The minimum atomic E-state index is -0.613. The number of methoxy groups -OCH3 is 2. The zero-order valence-electron chi connectivity index (χ0n) is 12.7. The fourth-order valence-electron chi connectivity index (χ4n) is 2.16. The summed E-state index contributed by atoms with van der Waals surface area (Å²) in [5, 5.41) is 13.5. The van der Waals surface area contributed by atoms with E-state index in [-0.39, 0.29) is 0 Å². The Morgan fingerprint density at radius 2 is 1.86 bits per heavy atom. The van der Waals surface area contributed by atoms with Gasteiger partial charge in [0.1, 0.15) is 11.5 Å². The standard InChI is InChI=1S/C16H22N2O3/c1-18-5-4-12(11-18)9-17-10-16(19)13-6-14(20-2)8-15(7-13)21-3/h4-8,11,16-17,19H,9-10H2,1-3H3. The summed E-state index contributed by atoms with van der Waals surface area (Å²) in [6, 6.07) is 7.47. The van der Waals surface area contributed by atoms with Crippen LogP contribution in [0, 0.1) is 0 Å². The SMILES string of the molecule is COc1cc(OC)cc(C(O)CNCc2ccn(C)c2)c1. The van der Waals surface area contributed by atoms with Gasteiger partial charge in [-0.05, 0) is 29.3 Å². The van der Waals surface area contributed by atoms with Gasteiger partial charge in [0, 0.05) is 38.6 Å². The van der Waals surface area contributed by atoms with Crippen molar-refractivity contribution < 1.29 is 14.6 Å². The fraction of sp³-hybridized carbons (Fsp3) is 0.375. The quantitative estimate of drug-likeness (QED) is 0.817.